The number of nitrogens with zero attached hydrogens (tertiary/aromatic N) is 3. The van der Waals surface area contributed by atoms with Gasteiger partial charge in [-0.05, 0) is 53.8 Å². The van der Waals surface area contributed by atoms with E-state index in [1.165, 1.54) is 16.7 Å². The molecule has 6 nitrogen and oxygen atoms in total. The van der Waals surface area contributed by atoms with Crippen molar-refractivity contribution in [3.8, 4) is 5.75 Å². The van der Waals surface area contributed by atoms with Crippen molar-refractivity contribution in [1.82, 2.24) is 15.1 Å². The smallest absolute Gasteiger partial charge is 0.274 e. The Morgan fingerprint density at radius 3 is 2.72 bits per heavy atom. The number of amides is 1. The summed E-state index contributed by atoms with van der Waals surface area (Å²) < 4.78 is 5.25. The average molecular weight is 388 g/mol. The lowest BCUT2D eigenvalue weighted by Crippen LogP contribution is -2.36. The van der Waals surface area contributed by atoms with E-state index < -0.39 is 0 Å². The number of benzene rings is 2. The summed E-state index contributed by atoms with van der Waals surface area (Å²) in [5.74, 6) is 1.44. The van der Waals surface area contributed by atoms with Gasteiger partial charge < -0.3 is 15.0 Å². The van der Waals surface area contributed by atoms with Crippen LogP contribution in [-0.2, 0) is 19.4 Å². The first-order chi connectivity index (χ1) is 14.2. The maximum atomic E-state index is 12.8. The third-order valence-corrected chi connectivity index (χ3v) is 5.16. The first-order valence-corrected chi connectivity index (χ1v) is 9.79. The second kappa shape index (κ2) is 8.73. The van der Waals surface area contributed by atoms with E-state index in [9.17, 15) is 4.79 Å². The van der Waals surface area contributed by atoms with E-state index in [1.807, 2.05) is 41.3 Å². The zero-order valence-corrected chi connectivity index (χ0v) is 16.5. The highest BCUT2D eigenvalue weighted by molar-refractivity contribution is 5.92. The summed E-state index contributed by atoms with van der Waals surface area (Å²) in [4.78, 5) is 14.6. The van der Waals surface area contributed by atoms with Crippen LogP contribution in [0.4, 0.5) is 5.82 Å². The van der Waals surface area contributed by atoms with E-state index >= 15 is 0 Å². The fraction of sp³-hybridized carbons (Fsp3) is 0.261. The average Bonchev–Trinajstić information content (AvgIpc) is 2.79. The zero-order chi connectivity index (χ0) is 20.1. The van der Waals surface area contributed by atoms with Crippen molar-refractivity contribution in [3.05, 3.63) is 83.0 Å². The second-order valence-corrected chi connectivity index (χ2v) is 7.08. The highest BCUT2D eigenvalue weighted by Crippen LogP contribution is 2.20. The lowest BCUT2D eigenvalue weighted by Gasteiger charge is -2.28. The summed E-state index contributed by atoms with van der Waals surface area (Å²) in [5, 5.41) is 11.6. The molecule has 148 valence electrons. The minimum Gasteiger partial charge on any atom is -0.497 e. The monoisotopic (exact) mass is 388 g/mol. The first kappa shape index (κ1) is 18.9. The number of nitrogens with one attached hydrogen (secondary N) is 1. The van der Waals surface area contributed by atoms with Gasteiger partial charge in [-0.2, -0.15) is 0 Å². The lowest BCUT2D eigenvalue weighted by atomic mass is 10.00. The largest absolute Gasteiger partial charge is 0.497 e. The topological polar surface area (TPSA) is 67.3 Å². The van der Waals surface area contributed by atoms with Gasteiger partial charge >= 0.3 is 0 Å². The van der Waals surface area contributed by atoms with E-state index in [-0.39, 0.29) is 5.91 Å². The quantitative estimate of drug-likeness (QED) is 0.702. The number of fused-ring (bicyclic) bond motifs is 1. The van der Waals surface area contributed by atoms with Gasteiger partial charge in [0.15, 0.2) is 5.69 Å². The van der Waals surface area contributed by atoms with Crippen molar-refractivity contribution in [2.75, 3.05) is 25.5 Å². The number of carbonyl (C=O) groups excluding carboxylic acids is 1. The fourth-order valence-electron chi connectivity index (χ4n) is 3.53. The van der Waals surface area contributed by atoms with Crippen LogP contribution in [0.3, 0.4) is 0 Å². The number of ether oxygens (including phenoxy) is 1. The minimum atomic E-state index is -0.0741. The van der Waals surface area contributed by atoms with Crippen molar-refractivity contribution in [1.29, 1.82) is 0 Å². The van der Waals surface area contributed by atoms with Crippen LogP contribution in [0.2, 0.25) is 0 Å². The number of carbonyl (C=O) groups is 1. The molecule has 0 atom stereocenters. The molecule has 2 heterocycles. The van der Waals surface area contributed by atoms with Gasteiger partial charge in [0, 0.05) is 19.6 Å². The summed E-state index contributed by atoms with van der Waals surface area (Å²) >= 11 is 0. The van der Waals surface area contributed by atoms with Gasteiger partial charge in [-0.3, -0.25) is 4.79 Å². The maximum Gasteiger partial charge on any atom is 0.274 e. The number of rotatable bonds is 6. The molecule has 0 fully saturated rings. The number of hydrogen-bond acceptors (Lipinski definition) is 5. The van der Waals surface area contributed by atoms with E-state index in [2.05, 4.69) is 33.7 Å². The van der Waals surface area contributed by atoms with E-state index in [0.717, 1.165) is 25.1 Å². The van der Waals surface area contributed by atoms with Crippen LogP contribution in [0.5, 0.6) is 5.75 Å². The third kappa shape index (κ3) is 4.54. The molecule has 0 bridgehead atoms. The Morgan fingerprint density at radius 2 is 1.93 bits per heavy atom. The molecule has 1 aromatic heterocycles. The van der Waals surface area contributed by atoms with Crippen molar-refractivity contribution >= 4 is 11.7 Å². The van der Waals surface area contributed by atoms with Gasteiger partial charge in [0.1, 0.15) is 11.6 Å². The van der Waals surface area contributed by atoms with Gasteiger partial charge in [0.2, 0.25) is 0 Å². The Labute approximate surface area is 170 Å². The van der Waals surface area contributed by atoms with Crippen LogP contribution in [0, 0.1) is 0 Å². The van der Waals surface area contributed by atoms with Crippen LogP contribution in [0.25, 0.3) is 0 Å². The first-order valence-electron chi connectivity index (χ1n) is 9.79. The van der Waals surface area contributed by atoms with Crippen molar-refractivity contribution in [2.24, 2.45) is 0 Å². The predicted octanol–water partition coefficient (Wildman–Crippen LogP) is 3.34. The molecule has 0 spiro atoms. The molecule has 1 aliphatic rings. The number of aromatic nitrogens is 2. The molecule has 0 saturated carbocycles. The number of anilines is 1. The Balaban J connectivity index is 1.32. The fourth-order valence-corrected chi connectivity index (χ4v) is 3.53. The Morgan fingerprint density at radius 1 is 1.07 bits per heavy atom. The normalized spacial score (nSPS) is 12.9. The summed E-state index contributed by atoms with van der Waals surface area (Å²) in [6, 6.07) is 19.8. The highest BCUT2D eigenvalue weighted by atomic mass is 16.5. The SMILES string of the molecule is COc1cccc(CCNc2ccc(C(=O)N3CCc4ccccc4C3)nn2)c1. The number of hydrogen-bond donors (Lipinski definition) is 1. The lowest BCUT2D eigenvalue weighted by molar-refractivity contribution is 0.0727. The Bertz CT molecular complexity index is 988. The Kier molecular flexibility index (Phi) is 5.70. The minimum absolute atomic E-state index is 0.0741. The molecular formula is C23H24N4O2. The standard InChI is InChI=1S/C23H24N4O2/c1-29-20-8-4-5-17(15-20)11-13-24-22-10-9-21(25-26-22)23(28)27-14-12-18-6-2-3-7-19(18)16-27/h2-10,15H,11-14,16H2,1H3,(H,24,26). The molecule has 0 radical (unpaired) electrons. The van der Waals surface area contributed by atoms with Gasteiger partial charge in [-0.15, -0.1) is 10.2 Å². The molecular weight excluding hydrogens is 364 g/mol. The predicted molar refractivity (Wildman–Crippen MR) is 112 cm³/mol. The van der Waals surface area contributed by atoms with E-state index in [1.54, 1.807) is 13.2 Å². The zero-order valence-electron chi connectivity index (χ0n) is 16.5. The van der Waals surface area contributed by atoms with Gasteiger partial charge in [-0.1, -0.05) is 36.4 Å². The molecule has 0 unspecified atom stereocenters. The maximum absolute atomic E-state index is 12.8. The van der Waals surface area contributed by atoms with Crippen LogP contribution in [0.15, 0.2) is 60.7 Å². The van der Waals surface area contributed by atoms with Crippen LogP contribution >= 0.6 is 0 Å². The highest BCUT2D eigenvalue weighted by Gasteiger charge is 2.22. The molecule has 6 heteroatoms. The molecule has 1 N–H and O–H groups in total. The van der Waals surface area contributed by atoms with Crippen LogP contribution in [0.1, 0.15) is 27.2 Å². The van der Waals surface area contributed by atoms with E-state index in [4.69, 9.17) is 4.74 Å². The molecule has 29 heavy (non-hydrogen) atoms. The molecule has 4 rings (SSSR count). The second-order valence-electron chi connectivity index (χ2n) is 7.08. The van der Waals surface area contributed by atoms with Crippen molar-refractivity contribution in [2.45, 2.75) is 19.4 Å². The van der Waals surface area contributed by atoms with Gasteiger partial charge in [-0.25, -0.2) is 0 Å². The van der Waals surface area contributed by atoms with Gasteiger partial charge in [0.25, 0.3) is 5.91 Å². The molecule has 2 aromatic carbocycles. The summed E-state index contributed by atoms with van der Waals surface area (Å²) in [6.07, 6.45) is 1.71. The number of methoxy groups -OCH3 is 1. The van der Waals surface area contributed by atoms with Crippen molar-refractivity contribution in [3.63, 3.8) is 0 Å². The van der Waals surface area contributed by atoms with Crippen molar-refractivity contribution < 1.29 is 9.53 Å². The molecule has 1 aliphatic heterocycles. The van der Waals surface area contributed by atoms with Gasteiger partial charge in [0.05, 0.1) is 7.11 Å². The molecule has 1 amide bonds. The summed E-state index contributed by atoms with van der Waals surface area (Å²) in [7, 11) is 1.67. The van der Waals surface area contributed by atoms with Crippen LogP contribution in [-0.4, -0.2) is 41.2 Å². The third-order valence-electron chi connectivity index (χ3n) is 5.16. The Hall–Kier alpha value is -3.41. The molecule has 0 saturated heterocycles. The molecule has 3 aromatic rings. The molecule has 0 aliphatic carbocycles. The summed E-state index contributed by atoms with van der Waals surface area (Å²) in [5.41, 5.74) is 4.08. The van der Waals surface area contributed by atoms with Crippen LogP contribution < -0.4 is 10.1 Å². The summed E-state index contributed by atoms with van der Waals surface area (Å²) in [6.45, 7) is 2.05. The van der Waals surface area contributed by atoms with E-state index in [0.29, 0.717) is 24.6 Å².